The van der Waals surface area contributed by atoms with Crippen molar-refractivity contribution >= 4 is 33.5 Å². The highest BCUT2D eigenvalue weighted by atomic mass is 79.9. The second kappa shape index (κ2) is 8.68. The predicted molar refractivity (Wildman–Crippen MR) is 100 cm³/mol. The van der Waals surface area contributed by atoms with Gasteiger partial charge in [-0.3, -0.25) is 25.2 Å². The molecule has 0 bridgehead atoms. The highest BCUT2D eigenvalue weighted by Crippen LogP contribution is 2.30. The molecule has 2 aromatic rings. The molecule has 2 N–H and O–H groups in total. The first-order chi connectivity index (χ1) is 13.0. The summed E-state index contributed by atoms with van der Waals surface area (Å²) in [6.07, 6.45) is -0.871. The number of Topliss-reactive ketones (excluding diaryl/α,β-unsaturated/α-hetero) is 1. The van der Waals surface area contributed by atoms with Gasteiger partial charge in [-0.25, -0.2) is 0 Å². The van der Waals surface area contributed by atoms with Gasteiger partial charge in [-0.1, -0.05) is 40.2 Å². The zero-order valence-electron chi connectivity index (χ0n) is 14.2. The van der Waals surface area contributed by atoms with E-state index in [-0.39, 0.29) is 25.2 Å². The van der Waals surface area contributed by atoms with Crippen molar-refractivity contribution in [2.24, 2.45) is 0 Å². The van der Waals surface area contributed by atoms with Crippen LogP contribution >= 0.6 is 15.9 Å². The van der Waals surface area contributed by atoms with Gasteiger partial charge in [0.25, 0.3) is 5.91 Å². The van der Waals surface area contributed by atoms with Crippen LogP contribution in [0.1, 0.15) is 23.2 Å². The van der Waals surface area contributed by atoms with Crippen LogP contribution in [0, 0.1) is 0 Å². The highest BCUT2D eigenvalue weighted by molar-refractivity contribution is 9.10. The Hall–Kier alpha value is -2.87. The lowest BCUT2D eigenvalue weighted by atomic mass is 10.1. The molecule has 3 rings (SSSR count). The number of amides is 2. The van der Waals surface area contributed by atoms with E-state index in [4.69, 9.17) is 9.47 Å². The number of rotatable bonds is 5. The Morgan fingerprint density at radius 1 is 0.963 bits per heavy atom. The Morgan fingerprint density at radius 2 is 1.67 bits per heavy atom. The van der Waals surface area contributed by atoms with Gasteiger partial charge in [0, 0.05) is 22.9 Å². The smallest absolute Gasteiger partial charge is 0.283 e. The number of para-hydroxylation sites is 2. The SMILES string of the molecule is O=C(CCC(=O)c1ccc(Br)cc1)NNC(=O)C1COc2ccccc2O1. The molecular weight excluding hydrogens is 416 g/mol. The van der Waals surface area contributed by atoms with E-state index in [0.29, 0.717) is 17.1 Å². The minimum absolute atomic E-state index is 0.0414. The molecule has 0 saturated carbocycles. The van der Waals surface area contributed by atoms with Crippen molar-refractivity contribution in [3.05, 3.63) is 58.6 Å². The van der Waals surface area contributed by atoms with Crippen molar-refractivity contribution in [3.8, 4) is 11.5 Å². The topological polar surface area (TPSA) is 93.7 Å². The van der Waals surface area contributed by atoms with E-state index in [1.54, 1.807) is 48.5 Å². The fourth-order valence-corrected chi connectivity index (χ4v) is 2.69. The third-order valence-electron chi connectivity index (χ3n) is 3.87. The van der Waals surface area contributed by atoms with Crippen LogP contribution in [0.15, 0.2) is 53.0 Å². The number of ether oxygens (including phenoxy) is 2. The van der Waals surface area contributed by atoms with Crippen LogP contribution in [0.4, 0.5) is 0 Å². The third kappa shape index (κ3) is 5.07. The van der Waals surface area contributed by atoms with Gasteiger partial charge in [0.1, 0.15) is 6.61 Å². The summed E-state index contributed by atoms with van der Waals surface area (Å²) in [4.78, 5) is 36.0. The lowest BCUT2D eigenvalue weighted by Gasteiger charge is -2.25. The van der Waals surface area contributed by atoms with E-state index in [9.17, 15) is 14.4 Å². The lowest BCUT2D eigenvalue weighted by molar-refractivity contribution is -0.135. The van der Waals surface area contributed by atoms with Gasteiger partial charge in [-0.2, -0.15) is 0 Å². The molecule has 1 heterocycles. The Morgan fingerprint density at radius 3 is 2.41 bits per heavy atom. The number of hydrogen-bond donors (Lipinski definition) is 2. The Kier molecular flexibility index (Phi) is 6.08. The van der Waals surface area contributed by atoms with E-state index in [1.807, 2.05) is 0 Å². The van der Waals surface area contributed by atoms with E-state index in [2.05, 4.69) is 26.8 Å². The molecule has 1 atom stereocenters. The summed E-state index contributed by atoms with van der Waals surface area (Å²) >= 11 is 3.30. The first kappa shape index (κ1) is 18.9. The maximum atomic E-state index is 12.1. The summed E-state index contributed by atoms with van der Waals surface area (Å²) in [5.74, 6) is -0.111. The molecule has 0 radical (unpaired) electrons. The van der Waals surface area contributed by atoms with E-state index >= 15 is 0 Å². The van der Waals surface area contributed by atoms with Gasteiger partial charge in [0.05, 0.1) is 0 Å². The average molecular weight is 433 g/mol. The number of halogens is 1. The second-order valence-electron chi connectivity index (χ2n) is 5.83. The number of hydrogen-bond acceptors (Lipinski definition) is 5. The normalized spacial score (nSPS) is 14.9. The summed E-state index contributed by atoms with van der Waals surface area (Å²) in [7, 11) is 0. The molecule has 2 amide bonds. The van der Waals surface area contributed by atoms with Gasteiger partial charge >= 0.3 is 0 Å². The molecular formula is C19H17BrN2O5. The van der Waals surface area contributed by atoms with Crippen LogP contribution in [0.3, 0.4) is 0 Å². The molecule has 27 heavy (non-hydrogen) atoms. The number of fused-ring (bicyclic) bond motifs is 1. The van der Waals surface area contributed by atoms with E-state index < -0.39 is 17.9 Å². The van der Waals surface area contributed by atoms with Crippen LogP contribution in [0.25, 0.3) is 0 Å². The molecule has 1 aliphatic heterocycles. The quantitative estimate of drug-likeness (QED) is 0.558. The van der Waals surface area contributed by atoms with E-state index in [1.165, 1.54) is 0 Å². The van der Waals surface area contributed by atoms with Crippen molar-refractivity contribution in [1.82, 2.24) is 10.9 Å². The summed E-state index contributed by atoms with van der Waals surface area (Å²) in [5.41, 5.74) is 5.11. The maximum Gasteiger partial charge on any atom is 0.283 e. The number of ketones is 1. The van der Waals surface area contributed by atoms with E-state index in [0.717, 1.165) is 4.47 Å². The molecule has 0 aromatic heterocycles. The largest absolute Gasteiger partial charge is 0.485 e. The van der Waals surface area contributed by atoms with Crippen molar-refractivity contribution in [2.75, 3.05) is 6.61 Å². The van der Waals surface area contributed by atoms with Crippen molar-refractivity contribution < 1.29 is 23.9 Å². The maximum absolute atomic E-state index is 12.1. The van der Waals surface area contributed by atoms with Gasteiger partial charge in [-0.05, 0) is 24.3 Å². The van der Waals surface area contributed by atoms with Crippen LogP contribution in [0.2, 0.25) is 0 Å². The lowest BCUT2D eigenvalue weighted by Crippen LogP contribution is -2.50. The van der Waals surface area contributed by atoms with Crippen molar-refractivity contribution in [2.45, 2.75) is 18.9 Å². The molecule has 0 spiro atoms. The Labute approximate surface area is 164 Å². The Balaban J connectivity index is 1.42. The first-order valence-electron chi connectivity index (χ1n) is 8.29. The number of carbonyl (C=O) groups excluding carboxylic acids is 3. The number of nitrogens with one attached hydrogen (secondary N) is 2. The summed E-state index contributed by atoms with van der Waals surface area (Å²) in [6.45, 7) is 0.0424. The second-order valence-corrected chi connectivity index (χ2v) is 6.75. The van der Waals surface area contributed by atoms with Crippen molar-refractivity contribution in [3.63, 3.8) is 0 Å². The molecule has 0 fully saturated rings. The summed E-state index contributed by atoms with van der Waals surface area (Å²) in [6, 6.07) is 13.9. The number of hydrazine groups is 1. The minimum Gasteiger partial charge on any atom is -0.485 e. The fraction of sp³-hybridized carbons (Fsp3) is 0.211. The molecule has 0 saturated heterocycles. The van der Waals surface area contributed by atoms with Crippen LogP contribution < -0.4 is 20.3 Å². The molecule has 7 nitrogen and oxygen atoms in total. The standard InChI is InChI=1S/C19H17BrN2O5/c20-13-7-5-12(6-8-13)14(23)9-10-18(24)21-22-19(25)17-11-26-15-3-1-2-4-16(15)27-17/h1-8,17H,9-11H2,(H,21,24)(H,22,25). The van der Waals surface area contributed by atoms with Crippen LogP contribution in [-0.4, -0.2) is 30.3 Å². The van der Waals surface area contributed by atoms with Crippen molar-refractivity contribution in [1.29, 1.82) is 0 Å². The monoisotopic (exact) mass is 432 g/mol. The highest BCUT2D eigenvalue weighted by Gasteiger charge is 2.27. The zero-order chi connectivity index (χ0) is 19.2. The molecule has 0 aliphatic carbocycles. The molecule has 8 heteroatoms. The Bertz CT molecular complexity index is 853. The molecule has 2 aromatic carbocycles. The van der Waals surface area contributed by atoms with Gasteiger partial charge in [0.2, 0.25) is 12.0 Å². The number of carbonyl (C=O) groups is 3. The third-order valence-corrected chi connectivity index (χ3v) is 4.40. The fourth-order valence-electron chi connectivity index (χ4n) is 2.43. The zero-order valence-corrected chi connectivity index (χ0v) is 15.8. The minimum atomic E-state index is -0.871. The summed E-state index contributed by atoms with van der Waals surface area (Å²) in [5, 5.41) is 0. The summed E-state index contributed by atoms with van der Waals surface area (Å²) < 4.78 is 11.9. The predicted octanol–water partition coefficient (Wildman–Crippen LogP) is 2.40. The first-order valence-corrected chi connectivity index (χ1v) is 9.08. The van der Waals surface area contributed by atoms with Crippen LogP contribution in [0.5, 0.6) is 11.5 Å². The molecule has 140 valence electrons. The van der Waals surface area contributed by atoms with Gasteiger partial charge in [-0.15, -0.1) is 0 Å². The molecule has 1 aliphatic rings. The average Bonchev–Trinajstić information content (AvgIpc) is 2.70. The van der Waals surface area contributed by atoms with Crippen LogP contribution in [-0.2, 0) is 9.59 Å². The van der Waals surface area contributed by atoms with Gasteiger partial charge in [0.15, 0.2) is 17.3 Å². The van der Waals surface area contributed by atoms with Gasteiger partial charge < -0.3 is 9.47 Å². The molecule has 1 unspecified atom stereocenters. The number of benzene rings is 2.